The molecule has 2 rings (SSSR count). The van der Waals surface area contributed by atoms with Gasteiger partial charge in [-0.3, -0.25) is 14.4 Å². The second kappa shape index (κ2) is 9.52. The molecule has 0 aliphatic carbocycles. The number of para-hydroxylation sites is 1. The molecule has 6 nitrogen and oxygen atoms in total. The van der Waals surface area contributed by atoms with Crippen molar-refractivity contribution in [2.75, 3.05) is 17.2 Å². The van der Waals surface area contributed by atoms with Crippen molar-refractivity contribution >= 4 is 29.1 Å². The fourth-order valence-electron chi connectivity index (χ4n) is 2.33. The van der Waals surface area contributed by atoms with Crippen molar-refractivity contribution in [2.24, 2.45) is 5.92 Å². The lowest BCUT2D eigenvalue weighted by Crippen LogP contribution is -2.28. The molecular weight excluding hydrogens is 342 g/mol. The fraction of sp³-hybridized carbons (Fsp3) is 0.286. The van der Waals surface area contributed by atoms with Crippen molar-refractivity contribution in [1.29, 1.82) is 0 Å². The highest BCUT2D eigenvalue weighted by Gasteiger charge is 2.14. The van der Waals surface area contributed by atoms with Crippen molar-refractivity contribution in [3.63, 3.8) is 0 Å². The summed E-state index contributed by atoms with van der Waals surface area (Å²) in [4.78, 5) is 36.3. The van der Waals surface area contributed by atoms with Crippen LogP contribution in [-0.4, -0.2) is 24.3 Å². The van der Waals surface area contributed by atoms with Crippen LogP contribution in [0.25, 0.3) is 0 Å². The van der Waals surface area contributed by atoms with E-state index in [4.69, 9.17) is 0 Å². The first-order chi connectivity index (χ1) is 12.9. The van der Waals surface area contributed by atoms with Crippen LogP contribution in [0.3, 0.4) is 0 Å². The van der Waals surface area contributed by atoms with Crippen LogP contribution in [0, 0.1) is 5.92 Å². The SMILES string of the molecule is CCC(=O)Nc1ccc(C(=O)Nc2ccccc2C(=O)NCC(C)C)cc1. The van der Waals surface area contributed by atoms with Gasteiger partial charge in [-0.05, 0) is 42.3 Å². The van der Waals surface area contributed by atoms with E-state index < -0.39 is 0 Å². The van der Waals surface area contributed by atoms with Gasteiger partial charge in [-0.2, -0.15) is 0 Å². The monoisotopic (exact) mass is 367 g/mol. The Morgan fingerprint density at radius 3 is 2.19 bits per heavy atom. The van der Waals surface area contributed by atoms with Crippen molar-refractivity contribution < 1.29 is 14.4 Å². The first kappa shape index (κ1) is 20.2. The predicted octanol–water partition coefficient (Wildman–Crippen LogP) is 3.67. The number of carbonyl (C=O) groups is 3. The van der Waals surface area contributed by atoms with Gasteiger partial charge in [0.05, 0.1) is 11.3 Å². The first-order valence-electron chi connectivity index (χ1n) is 8.99. The van der Waals surface area contributed by atoms with Crippen molar-refractivity contribution in [1.82, 2.24) is 5.32 Å². The van der Waals surface area contributed by atoms with Gasteiger partial charge < -0.3 is 16.0 Å². The van der Waals surface area contributed by atoms with Crippen molar-refractivity contribution in [3.05, 3.63) is 59.7 Å². The van der Waals surface area contributed by atoms with Gasteiger partial charge in [0.2, 0.25) is 5.91 Å². The Bertz CT molecular complexity index is 814. The number of nitrogens with one attached hydrogen (secondary N) is 3. The average Bonchev–Trinajstić information content (AvgIpc) is 2.66. The van der Waals surface area contributed by atoms with E-state index in [1.807, 2.05) is 13.8 Å². The largest absolute Gasteiger partial charge is 0.352 e. The molecule has 0 unspecified atom stereocenters. The summed E-state index contributed by atoms with van der Waals surface area (Å²) >= 11 is 0. The maximum atomic E-state index is 12.5. The van der Waals surface area contributed by atoms with Crippen LogP contribution in [0.1, 0.15) is 47.9 Å². The molecule has 0 saturated heterocycles. The number of hydrogen-bond acceptors (Lipinski definition) is 3. The Morgan fingerprint density at radius 1 is 0.889 bits per heavy atom. The maximum Gasteiger partial charge on any atom is 0.255 e. The Labute approximate surface area is 159 Å². The molecule has 0 saturated carbocycles. The Kier molecular flexibility index (Phi) is 7.11. The molecule has 0 spiro atoms. The molecule has 0 fully saturated rings. The summed E-state index contributed by atoms with van der Waals surface area (Å²) in [5, 5.41) is 8.36. The molecular formula is C21H25N3O3. The van der Waals surface area contributed by atoms with E-state index >= 15 is 0 Å². The normalized spacial score (nSPS) is 10.4. The van der Waals surface area contributed by atoms with E-state index in [0.29, 0.717) is 41.4 Å². The molecule has 0 atom stereocenters. The minimum atomic E-state index is -0.326. The second-order valence-corrected chi connectivity index (χ2v) is 6.58. The molecule has 0 heterocycles. The van der Waals surface area contributed by atoms with Crippen molar-refractivity contribution in [3.8, 4) is 0 Å². The van der Waals surface area contributed by atoms with Crippen LogP contribution in [-0.2, 0) is 4.79 Å². The van der Waals surface area contributed by atoms with E-state index in [2.05, 4.69) is 16.0 Å². The number of carbonyl (C=O) groups excluding carboxylic acids is 3. The average molecular weight is 367 g/mol. The highest BCUT2D eigenvalue weighted by molar-refractivity contribution is 6.09. The predicted molar refractivity (Wildman–Crippen MR) is 107 cm³/mol. The topological polar surface area (TPSA) is 87.3 Å². The third-order valence-corrected chi connectivity index (χ3v) is 3.84. The van der Waals surface area contributed by atoms with E-state index in [9.17, 15) is 14.4 Å². The van der Waals surface area contributed by atoms with Crippen LogP contribution in [0.2, 0.25) is 0 Å². The molecule has 27 heavy (non-hydrogen) atoms. The van der Waals surface area contributed by atoms with Gasteiger partial charge in [0.25, 0.3) is 11.8 Å². The minimum absolute atomic E-state index is 0.0893. The summed E-state index contributed by atoms with van der Waals surface area (Å²) in [5.74, 6) is -0.305. The summed E-state index contributed by atoms with van der Waals surface area (Å²) < 4.78 is 0. The van der Waals surface area contributed by atoms with Crippen LogP contribution in [0.5, 0.6) is 0 Å². The Balaban J connectivity index is 2.09. The fourth-order valence-corrected chi connectivity index (χ4v) is 2.33. The van der Waals surface area contributed by atoms with Gasteiger partial charge in [0, 0.05) is 24.2 Å². The summed E-state index contributed by atoms with van der Waals surface area (Å²) in [6.07, 6.45) is 0.387. The molecule has 3 N–H and O–H groups in total. The quantitative estimate of drug-likeness (QED) is 0.698. The van der Waals surface area contributed by atoms with Gasteiger partial charge in [-0.25, -0.2) is 0 Å². The third kappa shape index (κ3) is 5.95. The molecule has 0 aliphatic heterocycles. The van der Waals surface area contributed by atoms with Crippen molar-refractivity contribution in [2.45, 2.75) is 27.2 Å². The molecule has 0 aromatic heterocycles. The van der Waals surface area contributed by atoms with E-state index in [0.717, 1.165) is 0 Å². The van der Waals surface area contributed by atoms with Gasteiger partial charge >= 0.3 is 0 Å². The Morgan fingerprint density at radius 2 is 1.56 bits per heavy atom. The van der Waals surface area contributed by atoms with Gasteiger partial charge in [0.1, 0.15) is 0 Å². The molecule has 2 aromatic carbocycles. The molecule has 142 valence electrons. The highest BCUT2D eigenvalue weighted by Crippen LogP contribution is 2.17. The lowest BCUT2D eigenvalue weighted by Gasteiger charge is -2.13. The lowest BCUT2D eigenvalue weighted by atomic mass is 10.1. The molecule has 0 aliphatic rings. The summed E-state index contributed by atoms with van der Waals surface area (Å²) in [7, 11) is 0. The molecule has 2 aromatic rings. The minimum Gasteiger partial charge on any atom is -0.352 e. The summed E-state index contributed by atoms with van der Waals surface area (Å²) in [5.41, 5.74) is 1.93. The van der Waals surface area contributed by atoms with Gasteiger partial charge in [-0.15, -0.1) is 0 Å². The first-order valence-corrected chi connectivity index (χ1v) is 8.99. The highest BCUT2D eigenvalue weighted by atomic mass is 16.2. The van der Waals surface area contributed by atoms with Crippen LogP contribution in [0.15, 0.2) is 48.5 Å². The number of amides is 3. The smallest absolute Gasteiger partial charge is 0.255 e. The summed E-state index contributed by atoms with van der Waals surface area (Å²) in [6, 6.07) is 13.5. The van der Waals surface area contributed by atoms with Crippen LogP contribution >= 0.6 is 0 Å². The van der Waals surface area contributed by atoms with Crippen LogP contribution in [0.4, 0.5) is 11.4 Å². The maximum absolute atomic E-state index is 12.5. The van der Waals surface area contributed by atoms with E-state index in [1.165, 1.54) is 0 Å². The lowest BCUT2D eigenvalue weighted by molar-refractivity contribution is -0.115. The molecule has 0 bridgehead atoms. The Hall–Kier alpha value is -3.15. The molecule has 6 heteroatoms. The number of rotatable bonds is 7. The number of hydrogen-bond donors (Lipinski definition) is 3. The van der Waals surface area contributed by atoms with E-state index in [1.54, 1.807) is 55.5 Å². The zero-order valence-corrected chi connectivity index (χ0v) is 15.8. The van der Waals surface area contributed by atoms with Gasteiger partial charge in [-0.1, -0.05) is 32.9 Å². The number of anilines is 2. The van der Waals surface area contributed by atoms with Gasteiger partial charge in [0.15, 0.2) is 0 Å². The van der Waals surface area contributed by atoms with Crippen LogP contribution < -0.4 is 16.0 Å². The standard InChI is InChI=1S/C21H25N3O3/c1-4-19(25)23-16-11-9-15(10-12-16)20(26)24-18-8-6-5-7-17(18)21(27)22-13-14(2)3/h5-12,14H,4,13H2,1-3H3,(H,22,27)(H,23,25)(H,24,26). The zero-order valence-electron chi connectivity index (χ0n) is 15.8. The second-order valence-electron chi connectivity index (χ2n) is 6.58. The number of benzene rings is 2. The molecule has 0 radical (unpaired) electrons. The van der Waals surface area contributed by atoms with E-state index in [-0.39, 0.29) is 17.7 Å². The third-order valence-electron chi connectivity index (χ3n) is 3.84. The summed E-state index contributed by atoms with van der Waals surface area (Å²) in [6.45, 7) is 6.36. The molecule has 3 amide bonds. The zero-order chi connectivity index (χ0) is 19.8.